The number of aliphatic hydroxyl groups is 1. The molecule has 35 heavy (non-hydrogen) atoms. The maximum Gasteiger partial charge on any atom is 0.267 e. The Morgan fingerprint density at radius 1 is 1.03 bits per heavy atom. The molecule has 4 rings (SSSR count). The van der Waals surface area contributed by atoms with E-state index in [1.807, 2.05) is 74.5 Å². The standard InChI is InChI=1S/C26H27N5O3S/c1-17(2)31-23(34)14-13-20(30-31)25-24(19-11-7-4-8-12-19)29-26(35-25)28-22(33)16-27-15-21(32)18-9-5-3-6-10-18/h3-14,17,21,27,32H,15-16H2,1-2H3,(H,28,29,33). The van der Waals surface area contributed by atoms with E-state index in [-0.39, 0.29) is 30.6 Å². The molecule has 0 saturated carbocycles. The van der Waals surface area contributed by atoms with Crippen molar-refractivity contribution in [2.45, 2.75) is 26.0 Å². The van der Waals surface area contributed by atoms with Gasteiger partial charge in [-0.3, -0.25) is 9.59 Å². The minimum absolute atomic E-state index is 0.0238. The average Bonchev–Trinajstić information content (AvgIpc) is 3.28. The zero-order valence-electron chi connectivity index (χ0n) is 19.5. The summed E-state index contributed by atoms with van der Waals surface area (Å²) in [7, 11) is 0. The molecule has 0 fully saturated rings. The maximum atomic E-state index is 12.6. The number of carbonyl (C=O) groups excluding carboxylic acids is 1. The third-order valence-corrected chi connectivity index (χ3v) is 6.27. The van der Waals surface area contributed by atoms with Crippen LogP contribution in [0.4, 0.5) is 5.13 Å². The van der Waals surface area contributed by atoms with Gasteiger partial charge in [-0.2, -0.15) is 5.10 Å². The highest BCUT2D eigenvalue weighted by Gasteiger charge is 2.19. The van der Waals surface area contributed by atoms with E-state index in [0.717, 1.165) is 16.0 Å². The van der Waals surface area contributed by atoms with Crippen molar-refractivity contribution in [3.63, 3.8) is 0 Å². The second-order valence-corrected chi connectivity index (χ2v) is 9.26. The maximum absolute atomic E-state index is 12.6. The van der Waals surface area contributed by atoms with Crippen LogP contribution in [0.5, 0.6) is 0 Å². The van der Waals surface area contributed by atoms with Crippen molar-refractivity contribution in [2.75, 3.05) is 18.4 Å². The quantitative estimate of drug-likeness (QED) is 0.329. The number of aromatic nitrogens is 3. The molecular formula is C26H27N5O3S. The summed E-state index contributed by atoms with van der Waals surface area (Å²) in [6, 6.07) is 22.0. The molecule has 1 amide bonds. The van der Waals surface area contributed by atoms with Crippen molar-refractivity contribution in [1.29, 1.82) is 0 Å². The summed E-state index contributed by atoms with van der Waals surface area (Å²) in [5, 5.41) is 21.0. The van der Waals surface area contributed by atoms with Gasteiger partial charge in [-0.25, -0.2) is 9.67 Å². The number of carbonyl (C=O) groups is 1. The summed E-state index contributed by atoms with van der Waals surface area (Å²) in [5.74, 6) is -0.273. The minimum atomic E-state index is -0.706. The van der Waals surface area contributed by atoms with Crippen molar-refractivity contribution in [3.8, 4) is 21.8 Å². The molecule has 1 atom stereocenters. The van der Waals surface area contributed by atoms with Gasteiger partial charge in [0, 0.05) is 18.2 Å². The molecule has 2 heterocycles. The summed E-state index contributed by atoms with van der Waals surface area (Å²) in [6.07, 6.45) is -0.706. The molecule has 2 aromatic heterocycles. The van der Waals surface area contributed by atoms with E-state index in [1.54, 1.807) is 6.07 Å². The molecule has 4 aromatic rings. The first kappa shape index (κ1) is 24.5. The fraction of sp³-hybridized carbons (Fsp3) is 0.231. The lowest BCUT2D eigenvalue weighted by molar-refractivity contribution is -0.115. The number of amides is 1. The molecule has 0 radical (unpaired) electrons. The third kappa shape index (κ3) is 6.07. The van der Waals surface area contributed by atoms with E-state index >= 15 is 0 Å². The summed E-state index contributed by atoms with van der Waals surface area (Å²) < 4.78 is 1.43. The molecule has 0 saturated heterocycles. The highest BCUT2D eigenvalue weighted by atomic mass is 32.1. The van der Waals surface area contributed by atoms with Crippen LogP contribution < -0.4 is 16.2 Å². The molecule has 8 nitrogen and oxygen atoms in total. The van der Waals surface area contributed by atoms with Crippen LogP contribution in [0.1, 0.15) is 31.6 Å². The Hall–Kier alpha value is -3.66. The van der Waals surface area contributed by atoms with Crippen LogP contribution in [-0.4, -0.2) is 38.9 Å². The first-order chi connectivity index (χ1) is 16.9. The molecule has 0 spiro atoms. The molecule has 0 aliphatic rings. The number of rotatable bonds is 9. The molecule has 3 N–H and O–H groups in total. The molecule has 9 heteroatoms. The second kappa shape index (κ2) is 11.2. The van der Waals surface area contributed by atoms with Gasteiger partial charge in [-0.1, -0.05) is 72.0 Å². The zero-order chi connectivity index (χ0) is 24.8. The first-order valence-corrected chi connectivity index (χ1v) is 12.1. The monoisotopic (exact) mass is 489 g/mol. The number of nitrogens with zero attached hydrogens (tertiary/aromatic N) is 3. The third-order valence-electron chi connectivity index (χ3n) is 5.28. The number of anilines is 1. The Morgan fingerprint density at radius 2 is 1.71 bits per heavy atom. The van der Waals surface area contributed by atoms with Gasteiger partial charge in [-0.15, -0.1) is 0 Å². The van der Waals surface area contributed by atoms with Gasteiger partial charge in [0.1, 0.15) is 5.69 Å². The Bertz CT molecular complexity index is 1340. The Morgan fingerprint density at radius 3 is 2.40 bits per heavy atom. The number of hydrogen-bond donors (Lipinski definition) is 3. The van der Waals surface area contributed by atoms with E-state index in [4.69, 9.17) is 0 Å². The second-order valence-electron chi connectivity index (χ2n) is 8.26. The van der Waals surface area contributed by atoms with Gasteiger partial charge < -0.3 is 15.7 Å². The summed E-state index contributed by atoms with van der Waals surface area (Å²) in [5.41, 5.74) is 2.78. The SMILES string of the molecule is CC(C)n1nc(-c2sc(NC(=O)CNCC(O)c3ccccc3)nc2-c2ccccc2)ccc1=O. The van der Waals surface area contributed by atoms with Crippen LogP contribution in [0, 0.1) is 0 Å². The molecule has 1 unspecified atom stereocenters. The zero-order valence-corrected chi connectivity index (χ0v) is 20.3. The normalized spacial score (nSPS) is 12.0. The number of aliphatic hydroxyl groups excluding tert-OH is 1. The van der Waals surface area contributed by atoms with Crippen molar-refractivity contribution in [2.24, 2.45) is 0 Å². The largest absolute Gasteiger partial charge is 0.387 e. The van der Waals surface area contributed by atoms with Crippen LogP contribution in [0.3, 0.4) is 0 Å². The van der Waals surface area contributed by atoms with E-state index in [1.165, 1.54) is 22.1 Å². The highest BCUT2D eigenvalue weighted by Crippen LogP contribution is 2.37. The lowest BCUT2D eigenvalue weighted by Gasteiger charge is -2.11. The van der Waals surface area contributed by atoms with Gasteiger partial charge in [0.25, 0.3) is 5.56 Å². The highest BCUT2D eigenvalue weighted by molar-refractivity contribution is 7.19. The van der Waals surface area contributed by atoms with Crippen molar-refractivity contribution in [3.05, 3.63) is 88.7 Å². The lowest BCUT2D eigenvalue weighted by atomic mass is 10.1. The van der Waals surface area contributed by atoms with Crippen molar-refractivity contribution < 1.29 is 9.90 Å². The Balaban J connectivity index is 1.52. The van der Waals surface area contributed by atoms with Crippen LogP contribution in [0.2, 0.25) is 0 Å². The van der Waals surface area contributed by atoms with Crippen LogP contribution in [0.15, 0.2) is 77.6 Å². The average molecular weight is 490 g/mol. The molecule has 2 aromatic carbocycles. The predicted octanol–water partition coefficient (Wildman–Crippen LogP) is 3.88. The Labute approximate surface area is 207 Å². The van der Waals surface area contributed by atoms with E-state index in [9.17, 15) is 14.7 Å². The van der Waals surface area contributed by atoms with Crippen LogP contribution >= 0.6 is 11.3 Å². The van der Waals surface area contributed by atoms with Gasteiger partial charge in [0.15, 0.2) is 5.13 Å². The predicted molar refractivity (Wildman–Crippen MR) is 138 cm³/mol. The van der Waals surface area contributed by atoms with E-state index in [0.29, 0.717) is 16.5 Å². The molecule has 180 valence electrons. The summed E-state index contributed by atoms with van der Waals surface area (Å²) in [4.78, 5) is 30.2. The van der Waals surface area contributed by atoms with Gasteiger partial charge in [0.2, 0.25) is 5.91 Å². The summed E-state index contributed by atoms with van der Waals surface area (Å²) in [6.45, 7) is 4.07. The minimum Gasteiger partial charge on any atom is -0.387 e. The van der Waals surface area contributed by atoms with Crippen molar-refractivity contribution >= 4 is 22.4 Å². The van der Waals surface area contributed by atoms with E-state index in [2.05, 4.69) is 20.7 Å². The van der Waals surface area contributed by atoms with Crippen molar-refractivity contribution in [1.82, 2.24) is 20.1 Å². The smallest absolute Gasteiger partial charge is 0.267 e. The number of hydrogen-bond acceptors (Lipinski definition) is 7. The molecular weight excluding hydrogens is 462 g/mol. The number of benzene rings is 2. The molecule has 0 aliphatic heterocycles. The van der Waals surface area contributed by atoms with Gasteiger partial charge in [0.05, 0.1) is 29.3 Å². The summed E-state index contributed by atoms with van der Waals surface area (Å²) >= 11 is 1.30. The molecule has 0 bridgehead atoms. The van der Waals surface area contributed by atoms with Crippen LogP contribution in [-0.2, 0) is 4.79 Å². The topological polar surface area (TPSA) is 109 Å². The fourth-order valence-corrected chi connectivity index (χ4v) is 4.50. The molecule has 0 aliphatic carbocycles. The van der Waals surface area contributed by atoms with E-state index < -0.39 is 6.10 Å². The number of thiazole rings is 1. The first-order valence-electron chi connectivity index (χ1n) is 11.3. The number of nitrogens with one attached hydrogen (secondary N) is 2. The lowest BCUT2D eigenvalue weighted by Crippen LogP contribution is -2.31. The fourth-order valence-electron chi connectivity index (χ4n) is 3.53. The van der Waals surface area contributed by atoms with Crippen LogP contribution in [0.25, 0.3) is 21.8 Å². The van der Waals surface area contributed by atoms with Gasteiger partial charge >= 0.3 is 0 Å². The Kier molecular flexibility index (Phi) is 7.81. The van der Waals surface area contributed by atoms with Gasteiger partial charge in [-0.05, 0) is 25.5 Å².